The number of nitrogens with one attached hydrogen (secondary N) is 1. The van der Waals surface area contributed by atoms with Gasteiger partial charge in [0.2, 0.25) is 5.91 Å². The van der Waals surface area contributed by atoms with Gasteiger partial charge < -0.3 is 14.8 Å². The first kappa shape index (κ1) is 19.8. The van der Waals surface area contributed by atoms with Crippen LogP contribution in [0.2, 0.25) is 5.02 Å². The van der Waals surface area contributed by atoms with Gasteiger partial charge in [-0.3, -0.25) is 4.79 Å². The summed E-state index contributed by atoms with van der Waals surface area (Å²) in [6.45, 7) is 0. The first-order chi connectivity index (χ1) is 13.6. The molecule has 0 fully saturated rings. The van der Waals surface area contributed by atoms with Crippen molar-refractivity contribution in [1.29, 1.82) is 0 Å². The standard InChI is InChI=1S/C23H22ClNO3/c1-27-20-13-8-16(14-21(20)28-2)15-22(26)25-23(17-6-4-3-5-7-17)18-9-11-19(24)12-10-18/h3-14,23H,15H2,1-2H3,(H,25,26)/t23-/m0/s1. The number of halogens is 1. The zero-order chi connectivity index (χ0) is 19.9. The zero-order valence-electron chi connectivity index (χ0n) is 15.8. The normalized spacial score (nSPS) is 11.5. The highest BCUT2D eigenvalue weighted by Gasteiger charge is 2.17. The zero-order valence-corrected chi connectivity index (χ0v) is 16.6. The molecule has 3 aromatic rings. The van der Waals surface area contributed by atoms with Crippen LogP contribution < -0.4 is 14.8 Å². The Morgan fingerprint density at radius 1 is 0.893 bits per heavy atom. The average Bonchev–Trinajstić information content (AvgIpc) is 2.73. The lowest BCUT2D eigenvalue weighted by Crippen LogP contribution is -2.30. The molecule has 1 N–H and O–H groups in total. The molecule has 3 aromatic carbocycles. The minimum Gasteiger partial charge on any atom is -0.493 e. The number of methoxy groups -OCH3 is 2. The van der Waals surface area contributed by atoms with Crippen LogP contribution in [0.5, 0.6) is 11.5 Å². The maximum Gasteiger partial charge on any atom is 0.225 e. The molecule has 144 valence electrons. The predicted octanol–water partition coefficient (Wildman–Crippen LogP) is 4.81. The predicted molar refractivity (Wildman–Crippen MR) is 111 cm³/mol. The molecule has 0 radical (unpaired) electrons. The second-order valence-corrected chi connectivity index (χ2v) is 6.77. The van der Waals surface area contributed by atoms with Gasteiger partial charge in [0, 0.05) is 5.02 Å². The Balaban J connectivity index is 1.81. The van der Waals surface area contributed by atoms with Gasteiger partial charge in [0.25, 0.3) is 0 Å². The highest BCUT2D eigenvalue weighted by Crippen LogP contribution is 2.28. The molecule has 0 saturated heterocycles. The third kappa shape index (κ3) is 4.84. The number of rotatable bonds is 7. The van der Waals surface area contributed by atoms with Crippen molar-refractivity contribution in [1.82, 2.24) is 5.32 Å². The summed E-state index contributed by atoms with van der Waals surface area (Å²) in [7, 11) is 3.16. The highest BCUT2D eigenvalue weighted by molar-refractivity contribution is 6.30. The largest absolute Gasteiger partial charge is 0.493 e. The molecule has 0 aliphatic heterocycles. The highest BCUT2D eigenvalue weighted by atomic mass is 35.5. The molecular formula is C23H22ClNO3. The van der Waals surface area contributed by atoms with Crippen molar-refractivity contribution in [3.63, 3.8) is 0 Å². The molecule has 0 saturated carbocycles. The third-order valence-corrected chi connectivity index (χ3v) is 4.71. The molecule has 0 unspecified atom stereocenters. The van der Waals surface area contributed by atoms with E-state index >= 15 is 0 Å². The van der Waals surface area contributed by atoms with Crippen molar-refractivity contribution in [2.75, 3.05) is 14.2 Å². The molecule has 0 aliphatic carbocycles. The van der Waals surface area contributed by atoms with Gasteiger partial charge in [-0.15, -0.1) is 0 Å². The van der Waals surface area contributed by atoms with Crippen LogP contribution in [-0.4, -0.2) is 20.1 Å². The van der Waals surface area contributed by atoms with Gasteiger partial charge in [-0.1, -0.05) is 60.1 Å². The van der Waals surface area contributed by atoms with E-state index in [9.17, 15) is 4.79 Å². The second-order valence-electron chi connectivity index (χ2n) is 6.33. The fourth-order valence-corrected chi connectivity index (χ4v) is 3.17. The maximum atomic E-state index is 12.8. The van der Waals surface area contributed by atoms with E-state index in [1.54, 1.807) is 20.3 Å². The van der Waals surface area contributed by atoms with Gasteiger partial charge in [-0.05, 0) is 41.0 Å². The lowest BCUT2D eigenvalue weighted by molar-refractivity contribution is -0.120. The number of hydrogen-bond donors (Lipinski definition) is 1. The second kappa shape index (κ2) is 9.29. The summed E-state index contributed by atoms with van der Waals surface area (Å²) in [5.41, 5.74) is 2.82. The number of ether oxygens (including phenoxy) is 2. The minimum absolute atomic E-state index is 0.0870. The summed E-state index contributed by atoms with van der Waals surface area (Å²) < 4.78 is 10.6. The van der Waals surface area contributed by atoms with Crippen LogP contribution in [0.1, 0.15) is 22.7 Å². The summed E-state index contributed by atoms with van der Waals surface area (Å²) >= 11 is 6.02. The van der Waals surface area contributed by atoms with Crippen LogP contribution in [0.3, 0.4) is 0 Å². The van der Waals surface area contributed by atoms with Gasteiger partial charge in [-0.2, -0.15) is 0 Å². The fourth-order valence-electron chi connectivity index (χ4n) is 3.05. The molecular weight excluding hydrogens is 374 g/mol. The van der Waals surface area contributed by atoms with Crippen LogP contribution in [0.4, 0.5) is 0 Å². The Bertz CT molecular complexity index is 926. The summed E-state index contributed by atoms with van der Waals surface area (Å²) in [5.74, 6) is 1.15. The lowest BCUT2D eigenvalue weighted by atomic mass is 9.98. The Morgan fingerprint density at radius 2 is 1.54 bits per heavy atom. The van der Waals surface area contributed by atoms with Crippen molar-refractivity contribution in [2.45, 2.75) is 12.5 Å². The van der Waals surface area contributed by atoms with E-state index < -0.39 is 0 Å². The van der Waals surface area contributed by atoms with Crippen molar-refractivity contribution >= 4 is 17.5 Å². The number of amides is 1. The molecule has 0 aromatic heterocycles. The number of carbonyl (C=O) groups is 1. The number of carbonyl (C=O) groups excluding carboxylic acids is 1. The van der Waals surface area contributed by atoms with Crippen LogP contribution in [-0.2, 0) is 11.2 Å². The molecule has 1 atom stereocenters. The first-order valence-electron chi connectivity index (χ1n) is 8.91. The first-order valence-corrected chi connectivity index (χ1v) is 9.29. The van der Waals surface area contributed by atoms with Gasteiger partial charge in [0.15, 0.2) is 11.5 Å². The molecule has 1 amide bonds. The molecule has 28 heavy (non-hydrogen) atoms. The van der Waals surface area contributed by atoms with Gasteiger partial charge in [0.05, 0.1) is 26.7 Å². The molecule has 0 bridgehead atoms. The van der Waals surface area contributed by atoms with E-state index in [4.69, 9.17) is 21.1 Å². The molecule has 0 spiro atoms. The monoisotopic (exact) mass is 395 g/mol. The van der Waals surface area contributed by atoms with Crippen LogP contribution in [0.25, 0.3) is 0 Å². The molecule has 4 nitrogen and oxygen atoms in total. The Labute approximate surface area is 170 Å². The van der Waals surface area contributed by atoms with Crippen LogP contribution >= 0.6 is 11.6 Å². The Morgan fingerprint density at radius 3 is 2.18 bits per heavy atom. The molecule has 0 heterocycles. The number of benzene rings is 3. The summed E-state index contributed by atoms with van der Waals surface area (Å²) in [4.78, 5) is 12.8. The van der Waals surface area contributed by atoms with E-state index in [-0.39, 0.29) is 18.4 Å². The topological polar surface area (TPSA) is 47.6 Å². The molecule has 0 aliphatic rings. The average molecular weight is 396 g/mol. The number of hydrogen-bond acceptors (Lipinski definition) is 3. The van der Waals surface area contributed by atoms with Gasteiger partial charge in [0.1, 0.15) is 0 Å². The Hall–Kier alpha value is -2.98. The van der Waals surface area contributed by atoms with E-state index in [1.165, 1.54) is 0 Å². The smallest absolute Gasteiger partial charge is 0.225 e. The SMILES string of the molecule is COc1ccc(CC(=O)N[C@@H](c2ccccc2)c2ccc(Cl)cc2)cc1OC. The van der Waals surface area contributed by atoms with Crippen LogP contribution in [0.15, 0.2) is 72.8 Å². The summed E-state index contributed by atoms with van der Waals surface area (Å²) in [6.07, 6.45) is 0.233. The van der Waals surface area contributed by atoms with E-state index in [1.807, 2.05) is 66.7 Å². The van der Waals surface area contributed by atoms with Gasteiger partial charge >= 0.3 is 0 Å². The van der Waals surface area contributed by atoms with Crippen molar-refractivity contribution in [3.05, 3.63) is 94.5 Å². The van der Waals surface area contributed by atoms with E-state index in [0.717, 1.165) is 16.7 Å². The van der Waals surface area contributed by atoms with Gasteiger partial charge in [-0.25, -0.2) is 0 Å². The maximum absolute atomic E-state index is 12.8. The molecule has 5 heteroatoms. The Kier molecular flexibility index (Phi) is 6.56. The summed E-state index contributed by atoms with van der Waals surface area (Å²) in [5, 5.41) is 3.79. The van der Waals surface area contributed by atoms with Crippen molar-refractivity contribution in [3.8, 4) is 11.5 Å². The van der Waals surface area contributed by atoms with Crippen molar-refractivity contribution in [2.24, 2.45) is 0 Å². The molecule has 3 rings (SSSR count). The van der Waals surface area contributed by atoms with E-state index in [2.05, 4.69) is 5.32 Å². The van der Waals surface area contributed by atoms with E-state index in [0.29, 0.717) is 16.5 Å². The van der Waals surface area contributed by atoms with Crippen molar-refractivity contribution < 1.29 is 14.3 Å². The minimum atomic E-state index is -0.258. The third-order valence-electron chi connectivity index (χ3n) is 4.45. The fraction of sp³-hybridized carbons (Fsp3) is 0.174. The lowest BCUT2D eigenvalue weighted by Gasteiger charge is -2.20. The van der Waals surface area contributed by atoms with Crippen LogP contribution in [0, 0.1) is 0 Å². The summed E-state index contributed by atoms with van der Waals surface area (Å²) in [6, 6.07) is 22.6. The quantitative estimate of drug-likeness (QED) is 0.624.